The van der Waals surface area contributed by atoms with Crippen LogP contribution in [0, 0.1) is 16.7 Å². The number of aromatic amines is 1. The fourth-order valence-electron chi connectivity index (χ4n) is 7.15. The molecule has 208 valence electrons. The molecule has 2 aliphatic carbocycles. The maximum Gasteiger partial charge on any atom is 0.433 e. The second-order valence-corrected chi connectivity index (χ2v) is 13.0. The number of amides is 2. The standard InChI is InChI=1S/C28H40F3N6O/c1-5-22(28(29,30)31)32-14-19(2)12-20-8-11-27(13-20)17-37(4,18-27)25(38)36-15-26(3,16-36)10-9-23-33-24(35-34-23)21-6-7-21/h5,14,20-21H,2,6-13,15-18H2,1,3-4H3,(H,33,34,35)/q+1/b22-5-,32-14-/t20-,27?,37?/m0/s1. The lowest BCUT2D eigenvalue weighted by Crippen LogP contribution is -2.74. The number of nitrogens with one attached hydrogen (secondary N) is 1. The van der Waals surface area contributed by atoms with Gasteiger partial charge >= 0.3 is 12.2 Å². The van der Waals surface area contributed by atoms with Gasteiger partial charge in [0.1, 0.15) is 17.3 Å². The monoisotopic (exact) mass is 533 g/mol. The molecule has 0 unspecified atom stereocenters. The summed E-state index contributed by atoms with van der Waals surface area (Å²) in [6, 6.07) is 0.217. The second-order valence-electron chi connectivity index (χ2n) is 13.0. The van der Waals surface area contributed by atoms with Gasteiger partial charge in [0.05, 0.1) is 25.6 Å². The van der Waals surface area contributed by atoms with Crippen molar-refractivity contribution in [2.24, 2.45) is 21.7 Å². The van der Waals surface area contributed by atoms with Gasteiger partial charge in [-0.15, -0.1) is 10.2 Å². The number of likely N-dealkylation sites (tertiary alicyclic amines) is 2. The molecule has 2 amide bonds. The molecule has 2 saturated heterocycles. The summed E-state index contributed by atoms with van der Waals surface area (Å²) in [5.74, 6) is 2.93. The highest BCUT2D eigenvalue weighted by atomic mass is 19.4. The first kappa shape index (κ1) is 27.1. The number of hydrogen-bond acceptors (Lipinski definition) is 4. The zero-order valence-electron chi connectivity index (χ0n) is 22.8. The Hall–Kier alpha value is -2.49. The summed E-state index contributed by atoms with van der Waals surface area (Å²) < 4.78 is 39.1. The third kappa shape index (κ3) is 5.60. The van der Waals surface area contributed by atoms with E-state index in [0.717, 1.165) is 76.0 Å². The predicted molar refractivity (Wildman–Crippen MR) is 140 cm³/mol. The maximum absolute atomic E-state index is 13.4. The van der Waals surface area contributed by atoms with E-state index in [1.165, 1.54) is 26.0 Å². The Kier molecular flexibility index (Phi) is 6.85. The average Bonchev–Trinajstić information content (AvgIpc) is 3.41. The third-order valence-electron chi connectivity index (χ3n) is 9.03. The molecule has 2 aliphatic heterocycles. The molecule has 4 aliphatic rings. The third-order valence-corrected chi connectivity index (χ3v) is 9.03. The van der Waals surface area contributed by atoms with Crippen LogP contribution in [0.25, 0.3) is 0 Å². The molecular formula is C28H40F3N6O+. The van der Waals surface area contributed by atoms with Gasteiger partial charge in [-0.25, -0.2) is 9.28 Å². The average molecular weight is 534 g/mol. The van der Waals surface area contributed by atoms with Crippen LogP contribution in [-0.4, -0.2) is 76.2 Å². The first-order valence-corrected chi connectivity index (χ1v) is 13.8. The molecule has 0 aromatic carbocycles. The van der Waals surface area contributed by atoms with Crippen LogP contribution in [0.1, 0.15) is 76.4 Å². The van der Waals surface area contributed by atoms with Crippen molar-refractivity contribution in [3.63, 3.8) is 0 Å². The largest absolute Gasteiger partial charge is 0.433 e. The van der Waals surface area contributed by atoms with E-state index in [1.54, 1.807) is 0 Å². The Labute approximate surface area is 222 Å². The van der Waals surface area contributed by atoms with E-state index in [4.69, 9.17) is 0 Å². The highest BCUT2D eigenvalue weighted by molar-refractivity contribution is 5.78. The van der Waals surface area contributed by atoms with Crippen molar-refractivity contribution in [3.8, 4) is 0 Å². The van der Waals surface area contributed by atoms with Crippen LogP contribution in [0.15, 0.2) is 28.9 Å². The first-order valence-electron chi connectivity index (χ1n) is 13.8. The number of carbonyl (C=O) groups is 1. The normalized spacial score (nSPS) is 31.1. The Morgan fingerprint density at radius 1 is 1.26 bits per heavy atom. The number of halogens is 3. The Morgan fingerprint density at radius 2 is 1.97 bits per heavy atom. The van der Waals surface area contributed by atoms with Crippen molar-refractivity contribution in [3.05, 3.63) is 35.6 Å². The number of aromatic nitrogens is 3. The zero-order chi connectivity index (χ0) is 27.3. The smallest absolute Gasteiger partial charge is 0.329 e. The Balaban J connectivity index is 1.05. The predicted octanol–water partition coefficient (Wildman–Crippen LogP) is 5.79. The van der Waals surface area contributed by atoms with Crippen molar-refractivity contribution in [2.75, 3.05) is 33.2 Å². The molecule has 38 heavy (non-hydrogen) atoms. The van der Waals surface area contributed by atoms with Gasteiger partial charge in [-0.1, -0.05) is 19.6 Å². The van der Waals surface area contributed by atoms with Gasteiger partial charge in [0, 0.05) is 37.1 Å². The van der Waals surface area contributed by atoms with Crippen molar-refractivity contribution in [2.45, 2.75) is 77.3 Å². The molecule has 0 radical (unpaired) electrons. The molecule has 0 bridgehead atoms. The van der Waals surface area contributed by atoms with Gasteiger partial charge in [-0.2, -0.15) is 13.2 Å². The summed E-state index contributed by atoms with van der Waals surface area (Å²) in [4.78, 5) is 22.4. The van der Waals surface area contributed by atoms with Gasteiger partial charge in [-0.05, 0) is 63.4 Å². The number of quaternary nitrogens is 1. The quantitative estimate of drug-likeness (QED) is 0.340. The highest BCUT2D eigenvalue weighted by Gasteiger charge is 2.62. The highest BCUT2D eigenvalue weighted by Crippen LogP contribution is 2.53. The number of rotatable bonds is 8. The van der Waals surface area contributed by atoms with Gasteiger partial charge in [0.2, 0.25) is 0 Å². The molecule has 10 heteroatoms. The molecule has 1 N–H and O–H groups in total. The number of urea groups is 1. The van der Waals surface area contributed by atoms with E-state index in [1.807, 2.05) is 11.9 Å². The number of alkyl halides is 3. The van der Waals surface area contributed by atoms with Crippen LogP contribution in [0.4, 0.5) is 18.0 Å². The molecule has 2 saturated carbocycles. The van der Waals surface area contributed by atoms with Gasteiger partial charge in [0.25, 0.3) is 0 Å². The van der Waals surface area contributed by atoms with E-state index < -0.39 is 11.9 Å². The number of hydrogen-bond donors (Lipinski definition) is 1. The molecular weight excluding hydrogens is 493 g/mol. The number of allylic oxidation sites excluding steroid dienone is 3. The summed E-state index contributed by atoms with van der Waals surface area (Å²) >= 11 is 0. The molecule has 1 aromatic heterocycles. The minimum atomic E-state index is -4.45. The molecule has 1 spiro atoms. The van der Waals surface area contributed by atoms with Crippen molar-refractivity contribution in [1.29, 1.82) is 0 Å². The van der Waals surface area contributed by atoms with E-state index in [0.29, 0.717) is 28.3 Å². The lowest BCUT2D eigenvalue weighted by Gasteiger charge is -2.56. The summed E-state index contributed by atoms with van der Waals surface area (Å²) in [5.41, 5.74) is 0.00255. The summed E-state index contributed by atoms with van der Waals surface area (Å²) in [6.45, 7) is 10.8. The number of aryl methyl sites for hydroxylation is 1. The SMILES string of the molecule is C=C(/C=N\C(=C/C)C(F)(F)F)C[C@@H]1CCC2(C1)C[N+](C)(C(=O)N1CC(C)(CCc3nnc(C4CC4)[nH]3)C1)C2. The number of nitrogens with zero attached hydrogens (tertiary/aromatic N) is 5. The van der Waals surface area contributed by atoms with Gasteiger partial charge in [0.15, 0.2) is 0 Å². The molecule has 1 atom stereocenters. The summed E-state index contributed by atoms with van der Waals surface area (Å²) in [6.07, 6.45) is 5.75. The second kappa shape index (κ2) is 9.61. The van der Waals surface area contributed by atoms with Crippen molar-refractivity contribution >= 4 is 12.2 Å². The van der Waals surface area contributed by atoms with Gasteiger partial charge in [-0.3, -0.25) is 9.89 Å². The van der Waals surface area contributed by atoms with E-state index >= 15 is 0 Å². The van der Waals surface area contributed by atoms with E-state index in [-0.39, 0.29) is 16.9 Å². The fourth-order valence-corrected chi connectivity index (χ4v) is 7.15. The number of H-pyrrole nitrogens is 1. The van der Waals surface area contributed by atoms with Crippen LogP contribution in [0.2, 0.25) is 0 Å². The Bertz CT molecular complexity index is 1140. The van der Waals surface area contributed by atoms with Crippen LogP contribution in [0.5, 0.6) is 0 Å². The summed E-state index contributed by atoms with van der Waals surface area (Å²) in [5, 5.41) is 8.58. The topological polar surface area (TPSA) is 74.2 Å². The summed E-state index contributed by atoms with van der Waals surface area (Å²) in [7, 11) is 2.05. The lowest BCUT2D eigenvalue weighted by atomic mass is 9.74. The number of carbonyl (C=O) groups excluding carboxylic acids is 1. The van der Waals surface area contributed by atoms with Crippen molar-refractivity contribution in [1.82, 2.24) is 20.1 Å². The van der Waals surface area contributed by atoms with Crippen LogP contribution in [-0.2, 0) is 6.42 Å². The first-order chi connectivity index (χ1) is 17.8. The van der Waals surface area contributed by atoms with E-state index in [9.17, 15) is 18.0 Å². The van der Waals surface area contributed by atoms with Gasteiger partial charge < -0.3 is 4.98 Å². The minimum absolute atomic E-state index is 0.114. The van der Waals surface area contributed by atoms with Crippen LogP contribution < -0.4 is 0 Å². The zero-order valence-corrected chi connectivity index (χ0v) is 22.8. The van der Waals surface area contributed by atoms with E-state index in [2.05, 4.69) is 33.7 Å². The lowest BCUT2D eigenvalue weighted by molar-refractivity contribution is -0.898. The molecule has 7 nitrogen and oxygen atoms in total. The minimum Gasteiger partial charge on any atom is -0.329 e. The molecule has 4 fully saturated rings. The maximum atomic E-state index is 13.4. The number of aliphatic imine (C=N–C) groups is 1. The van der Waals surface area contributed by atoms with Crippen molar-refractivity contribution < 1.29 is 22.4 Å². The molecule has 1 aromatic rings. The fraction of sp³-hybridized carbons (Fsp3) is 0.714. The Morgan fingerprint density at radius 3 is 2.61 bits per heavy atom. The molecule has 5 rings (SSSR count). The van der Waals surface area contributed by atoms with Crippen LogP contribution in [0.3, 0.4) is 0 Å². The molecule has 3 heterocycles. The van der Waals surface area contributed by atoms with Crippen LogP contribution >= 0.6 is 0 Å².